The van der Waals surface area contributed by atoms with Gasteiger partial charge in [-0.3, -0.25) is 5.01 Å². The van der Waals surface area contributed by atoms with Crippen LogP contribution in [0, 0.1) is 0 Å². The van der Waals surface area contributed by atoms with Gasteiger partial charge in [-0.1, -0.05) is 25.1 Å². The molecule has 0 bridgehead atoms. The van der Waals surface area contributed by atoms with Crippen molar-refractivity contribution < 1.29 is 9.47 Å². The van der Waals surface area contributed by atoms with E-state index in [2.05, 4.69) is 42.3 Å². The summed E-state index contributed by atoms with van der Waals surface area (Å²) in [6.07, 6.45) is 1.82. The van der Waals surface area contributed by atoms with Gasteiger partial charge in [-0.15, -0.1) is 0 Å². The van der Waals surface area contributed by atoms with Crippen LogP contribution in [0.1, 0.15) is 36.9 Å². The molecule has 2 aromatic carbocycles. The molecule has 2 aromatic rings. The first-order chi connectivity index (χ1) is 11.3. The molecule has 2 aliphatic rings. The van der Waals surface area contributed by atoms with Crippen molar-refractivity contribution in [3.05, 3.63) is 59.7 Å². The Balaban J connectivity index is 1.69. The highest BCUT2D eigenvalue weighted by atomic mass is 16.5. The summed E-state index contributed by atoms with van der Waals surface area (Å²) in [5, 5.41) is 7.00. The molecule has 0 aliphatic carbocycles. The van der Waals surface area contributed by atoms with E-state index in [0.29, 0.717) is 0 Å². The van der Waals surface area contributed by atoms with Crippen molar-refractivity contribution in [3.63, 3.8) is 0 Å². The molecule has 0 N–H and O–H groups in total. The first-order valence-electron chi connectivity index (χ1n) is 8.06. The number of hydrogen-bond donors (Lipinski definition) is 0. The van der Waals surface area contributed by atoms with Gasteiger partial charge < -0.3 is 9.47 Å². The molecule has 4 nitrogen and oxygen atoms in total. The third-order valence-corrected chi connectivity index (χ3v) is 4.55. The third-order valence-electron chi connectivity index (χ3n) is 4.55. The summed E-state index contributed by atoms with van der Waals surface area (Å²) in [6, 6.07) is 16.7. The summed E-state index contributed by atoms with van der Waals surface area (Å²) in [6.45, 7) is 2.14. The number of methoxy groups -OCH3 is 1. The zero-order valence-corrected chi connectivity index (χ0v) is 13.4. The molecule has 0 spiro atoms. The maximum atomic E-state index is 6.11. The summed E-state index contributed by atoms with van der Waals surface area (Å²) in [5.74, 6) is 1.86. The van der Waals surface area contributed by atoms with Gasteiger partial charge in [0.15, 0.2) is 6.23 Å². The Morgan fingerprint density at radius 3 is 2.70 bits per heavy atom. The molecule has 4 rings (SSSR count). The third kappa shape index (κ3) is 2.34. The summed E-state index contributed by atoms with van der Waals surface area (Å²) in [7, 11) is 1.68. The van der Waals surface area contributed by atoms with Crippen LogP contribution < -0.4 is 9.47 Å². The highest BCUT2D eigenvalue weighted by Gasteiger charge is 2.39. The van der Waals surface area contributed by atoms with Gasteiger partial charge in [-0.05, 0) is 35.9 Å². The zero-order valence-electron chi connectivity index (χ0n) is 13.4. The fourth-order valence-electron chi connectivity index (χ4n) is 3.34. The number of benzene rings is 2. The van der Waals surface area contributed by atoms with E-state index in [1.54, 1.807) is 7.11 Å². The van der Waals surface area contributed by atoms with Gasteiger partial charge in [-0.2, -0.15) is 5.10 Å². The molecule has 2 atom stereocenters. The number of hydrazone groups is 1. The molecule has 0 fully saturated rings. The van der Waals surface area contributed by atoms with Crippen LogP contribution in [-0.4, -0.2) is 24.1 Å². The van der Waals surface area contributed by atoms with Crippen molar-refractivity contribution >= 4 is 5.71 Å². The van der Waals surface area contributed by atoms with E-state index in [0.717, 1.165) is 35.6 Å². The topological polar surface area (TPSA) is 34.1 Å². The fraction of sp³-hybridized carbons (Fsp3) is 0.316. The molecule has 118 valence electrons. The Bertz CT molecular complexity index is 739. The first kappa shape index (κ1) is 14.1. The fourth-order valence-corrected chi connectivity index (χ4v) is 3.34. The Morgan fingerprint density at radius 2 is 1.96 bits per heavy atom. The number of fused-ring (bicyclic) bond motifs is 3. The lowest BCUT2D eigenvalue weighted by Crippen LogP contribution is -2.39. The van der Waals surface area contributed by atoms with Gasteiger partial charge in [0.1, 0.15) is 11.5 Å². The number of nitrogens with zero attached hydrogens (tertiary/aromatic N) is 2. The average molecular weight is 308 g/mol. The molecule has 0 saturated carbocycles. The Morgan fingerprint density at radius 1 is 1.17 bits per heavy atom. The van der Waals surface area contributed by atoms with Crippen LogP contribution in [0.5, 0.6) is 11.5 Å². The number of ether oxygens (including phenoxy) is 2. The molecule has 23 heavy (non-hydrogen) atoms. The lowest BCUT2D eigenvalue weighted by molar-refractivity contribution is -0.0188. The Kier molecular flexibility index (Phi) is 3.45. The molecular weight excluding hydrogens is 288 g/mol. The van der Waals surface area contributed by atoms with Crippen molar-refractivity contribution in [1.82, 2.24) is 5.01 Å². The standard InChI is InChI=1S/C19H20N2O2/c1-3-19-21-17(15-6-4-5-7-18(15)23-19)12-16(20-21)13-8-10-14(22-2)11-9-13/h4-11,17,19H,3,12H2,1-2H3/t17-,19+/m1/s1. The Hall–Kier alpha value is -2.49. The average Bonchev–Trinajstić information content (AvgIpc) is 3.06. The molecule has 0 amide bonds. The van der Waals surface area contributed by atoms with Crippen molar-refractivity contribution in [3.8, 4) is 11.5 Å². The van der Waals surface area contributed by atoms with Crippen molar-refractivity contribution in [2.45, 2.75) is 32.0 Å². The highest BCUT2D eigenvalue weighted by Crippen LogP contribution is 2.43. The van der Waals surface area contributed by atoms with E-state index in [-0.39, 0.29) is 12.3 Å². The highest BCUT2D eigenvalue weighted by molar-refractivity contribution is 6.02. The van der Waals surface area contributed by atoms with E-state index in [1.807, 2.05) is 18.2 Å². The number of para-hydroxylation sites is 1. The largest absolute Gasteiger partial charge is 0.497 e. The lowest BCUT2D eigenvalue weighted by atomic mass is 9.96. The van der Waals surface area contributed by atoms with E-state index >= 15 is 0 Å². The van der Waals surface area contributed by atoms with Crippen LogP contribution in [0.2, 0.25) is 0 Å². The smallest absolute Gasteiger partial charge is 0.187 e. The number of hydrogen-bond acceptors (Lipinski definition) is 4. The maximum absolute atomic E-state index is 6.11. The van der Waals surface area contributed by atoms with Crippen LogP contribution >= 0.6 is 0 Å². The van der Waals surface area contributed by atoms with Gasteiger partial charge in [0.25, 0.3) is 0 Å². The Labute approximate surface area is 136 Å². The molecular formula is C19H20N2O2. The van der Waals surface area contributed by atoms with Crippen LogP contribution in [-0.2, 0) is 0 Å². The van der Waals surface area contributed by atoms with Crippen LogP contribution in [0.4, 0.5) is 0 Å². The molecule has 2 heterocycles. The van der Waals surface area contributed by atoms with Crippen molar-refractivity contribution in [2.75, 3.05) is 7.11 Å². The molecule has 0 unspecified atom stereocenters. The molecule has 0 saturated heterocycles. The summed E-state index contributed by atoms with van der Waals surface area (Å²) in [5.41, 5.74) is 3.48. The van der Waals surface area contributed by atoms with Crippen LogP contribution in [0.15, 0.2) is 53.6 Å². The van der Waals surface area contributed by atoms with Crippen molar-refractivity contribution in [2.24, 2.45) is 5.10 Å². The van der Waals surface area contributed by atoms with Gasteiger partial charge in [0.2, 0.25) is 0 Å². The van der Waals surface area contributed by atoms with Crippen LogP contribution in [0.3, 0.4) is 0 Å². The summed E-state index contributed by atoms with van der Waals surface area (Å²) >= 11 is 0. The predicted octanol–water partition coefficient (Wildman–Crippen LogP) is 3.97. The molecule has 0 radical (unpaired) electrons. The predicted molar refractivity (Wildman–Crippen MR) is 89.9 cm³/mol. The van der Waals surface area contributed by atoms with Crippen molar-refractivity contribution in [1.29, 1.82) is 0 Å². The van der Waals surface area contributed by atoms with Gasteiger partial charge >= 0.3 is 0 Å². The quantitative estimate of drug-likeness (QED) is 0.860. The summed E-state index contributed by atoms with van der Waals surface area (Å²) < 4.78 is 11.4. The van der Waals surface area contributed by atoms with Gasteiger partial charge in [0.05, 0.1) is 18.9 Å². The second kappa shape index (κ2) is 5.61. The zero-order chi connectivity index (χ0) is 15.8. The normalized spacial score (nSPS) is 22.0. The lowest BCUT2D eigenvalue weighted by Gasteiger charge is -2.37. The molecule has 2 aliphatic heterocycles. The SMILES string of the molecule is CC[C@@H]1Oc2ccccc2[C@H]2CC(c3ccc(OC)cc3)=NN12. The molecule has 0 aromatic heterocycles. The van der Waals surface area contributed by atoms with E-state index in [4.69, 9.17) is 14.6 Å². The minimum absolute atomic E-state index is 0.00523. The molecule has 4 heteroatoms. The maximum Gasteiger partial charge on any atom is 0.187 e. The number of rotatable bonds is 3. The minimum Gasteiger partial charge on any atom is -0.497 e. The minimum atomic E-state index is 0.00523. The van der Waals surface area contributed by atoms with E-state index < -0.39 is 0 Å². The van der Waals surface area contributed by atoms with E-state index in [1.165, 1.54) is 5.56 Å². The van der Waals surface area contributed by atoms with Gasteiger partial charge in [0, 0.05) is 18.4 Å². The monoisotopic (exact) mass is 308 g/mol. The first-order valence-corrected chi connectivity index (χ1v) is 8.06. The summed E-state index contributed by atoms with van der Waals surface area (Å²) in [4.78, 5) is 0. The second-order valence-electron chi connectivity index (χ2n) is 5.89. The van der Waals surface area contributed by atoms with E-state index in [9.17, 15) is 0 Å². The van der Waals surface area contributed by atoms with Gasteiger partial charge in [-0.25, -0.2) is 0 Å². The second-order valence-corrected chi connectivity index (χ2v) is 5.89. The van der Waals surface area contributed by atoms with Crippen LogP contribution in [0.25, 0.3) is 0 Å².